The van der Waals surface area contributed by atoms with Crippen LogP contribution in [0.25, 0.3) is 0 Å². The molecular formula is C9H9BO4. The average molecular weight is 192 g/mol. The fourth-order valence-electron chi connectivity index (χ4n) is 1.03. The number of ketones is 1. The highest BCUT2D eigenvalue weighted by Crippen LogP contribution is 2.00. The van der Waals surface area contributed by atoms with Gasteiger partial charge in [0.05, 0.1) is 6.42 Å². The topological polar surface area (TPSA) is 74.6 Å². The van der Waals surface area contributed by atoms with Crippen LogP contribution in [0.1, 0.15) is 16.8 Å². The van der Waals surface area contributed by atoms with E-state index in [1.165, 1.54) is 24.3 Å². The number of carbonyl (C=O) groups is 2. The van der Waals surface area contributed by atoms with E-state index in [1.807, 2.05) is 0 Å². The number of hydrogen-bond acceptors (Lipinski definition) is 4. The highest BCUT2D eigenvalue weighted by atomic mass is 16.4. The normalized spacial score (nSPS) is 9.57. The molecule has 1 aromatic carbocycles. The van der Waals surface area contributed by atoms with Crippen LogP contribution in [0, 0.1) is 0 Å². The molecule has 0 radical (unpaired) electrons. The van der Waals surface area contributed by atoms with E-state index in [0.717, 1.165) is 0 Å². The van der Waals surface area contributed by atoms with Crippen molar-refractivity contribution in [1.82, 2.24) is 0 Å². The Hall–Kier alpha value is -1.46. The molecule has 0 unspecified atom stereocenters. The highest BCUT2D eigenvalue weighted by Gasteiger charge is 2.11. The van der Waals surface area contributed by atoms with Crippen LogP contribution in [0.5, 0.6) is 0 Å². The zero-order valence-electron chi connectivity index (χ0n) is 7.38. The SMILES string of the molecule is O=CCC(=O)c1ccc(B(O)O)cc1. The van der Waals surface area contributed by atoms with Crippen LogP contribution in [0.15, 0.2) is 24.3 Å². The summed E-state index contributed by atoms with van der Waals surface area (Å²) in [6, 6.07) is 5.78. The van der Waals surface area contributed by atoms with Crippen LogP contribution in [-0.4, -0.2) is 29.2 Å². The van der Waals surface area contributed by atoms with E-state index in [2.05, 4.69) is 0 Å². The number of aldehydes is 1. The van der Waals surface area contributed by atoms with Gasteiger partial charge in [0.25, 0.3) is 0 Å². The summed E-state index contributed by atoms with van der Waals surface area (Å²) in [5, 5.41) is 17.5. The Bertz CT molecular complexity index is 331. The summed E-state index contributed by atoms with van der Waals surface area (Å²) < 4.78 is 0. The lowest BCUT2D eigenvalue weighted by molar-refractivity contribution is -0.107. The molecule has 0 atom stereocenters. The number of Topliss-reactive ketones (excluding diaryl/α,β-unsaturated/α-hetero) is 1. The molecule has 0 heterocycles. The van der Waals surface area contributed by atoms with Gasteiger partial charge in [-0.2, -0.15) is 0 Å². The quantitative estimate of drug-likeness (QED) is 0.281. The zero-order valence-corrected chi connectivity index (χ0v) is 7.38. The van der Waals surface area contributed by atoms with E-state index < -0.39 is 7.12 Å². The summed E-state index contributed by atoms with van der Waals surface area (Å²) in [6.45, 7) is 0. The first kappa shape index (κ1) is 10.6. The van der Waals surface area contributed by atoms with Crippen LogP contribution < -0.4 is 5.46 Å². The van der Waals surface area contributed by atoms with E-state index in [0.29, 0.717) is 17.3 Å². The Morgan fingerprint density at radius 1 is 1.29 bits per heavy atom. The lowest BCUT2D eigenvalue weighted by Crippen LogP contribution is -2.29. The molecule has 5 heteroatoms. The molecule has 0 saturated heterocycles. The van der Waals surface area contributed by atoms with Crippen LogP contribution in [0.2, 0.25) is 0 Å². The molecule has 0 aliphatic heterocycles. The third kappa shape index (κ3) is 2.51. The van der Waals surface area contributed by atoms with Gasteiger partial charge < -0.3 is 14.8 Å². The smallest absolute Gasteiger partial charge is 0.423 e. The summed E-state index contributed by atoms with van der Waals surface area (Å²) in [6.07, 6.45) is 0.387. The summed E-state index contributed by atoms with van der Waals surface area (Å²) in [4.78, 5) is 21.2. The predicted molar refractivity (Wildman–Crippen MR) is 51.3 cm³/mol. The molecule has 0 bridgehead atoms. The maximum absolute atomic E-state index is 11.2. The average Bonchev–Trinajstić information content (AvgIpc) is 2.18. The van der Waals surface area contributed by atoms with Crippen molar-refractivity contribution in [1.29, 1.82) is 0 Å². The van der Waals surface area contributed by atoms with E-state index in [1.54, 1.807) is 0 Å². The van der Waals surface area contributed by atoms with Gasteiger partial charge in [0.2, 0.25) is 0 Å². The van der Waals surface area contributed by atoms with Gasteiger partial charge in [-0.05, 0) is 5.46 Å². The fraction of sp³-hybridized carbons (Fsp3) is 0.111. The van der Waals surface area contributed by atoms with Gasteiger partial charge in [0.1, 0.15) is 6.29 Å². The number of rotatable bonds is 4. The molecule has 0 fully saturated rings. The molecule has 14 heavy (non-hydrogen) atoms. The van der Waals surface area contributed by atoms with Gasteiger partial charge in [-0.25, -0.2) is 0 Å². The van der Waals surface area contributed by atoms with Crippen molar-refractivity contribution in [3.05, 3.63) is 29.8 Å². The van der Waals surface area contributed by atoms with Gasteiger partial charge in [0.15, 0.2) is 5.78 Å². The molecule has 0 amide bonds. The summed E-state index contributed by atoms with van der Waals surface area (Å²) in [5.74, 6) is -0.279. The van der Waals surface area contributed by atoms with Gasteiger partial charge >= 0.3 is 7.12 Å². The van der Waals surface area contributed by atoms with Gasteiger partial charge in [0, 0.05) is 5.56 Å². The molecule has 0 saturated carbocycles. The molecule has 4 nitrogen and oxygen atoms in total. The van der Waals surface area contributed by atoms with Crippen LogP contribution in [0.4, 0.5) is 0 Å². The molecule has 1 rings (SSSR count). The highest BCUT2D eigenvalue weighted by molar-refractivity contribution is 6.58. The monoisotopic (exact) mass is 192 g/mol. The van der Waals surface area contributed by atoms with Gasteiger partial charge in [-0.1, -0.05) is 24.3 Å². The van der Waals surface area contributed by atoms with E-state index in [-0.39, 0.29) is 12.2 Å². The predicted octanol–water partition coefficient (Wildman–Crippen LogP) is -0.862. The number of benzene rings is 1. The Morgan fingerprint density at radius 2 is 1.86 bits per heavy atom. The third-order valence-electron chi connectivity index (χ3n) is 1.80. The molecule has 0 aromatic heterocycles. The van der Waals surface area contributed by atoms with Gasteiger partial charge in [-0.15, -0.1) is 0 Å². The van der Waals surface area contributed by atoms with Crippen LogP contribution >= 0.6 is 0 Å². The van der Waals surface area contributed by atoms with Crippen molar-refractivity contribution < 1.29 is 19.6 Å². The van der Waals surface area contributed by atoms with Crippen molar-refractivity contribution in [3.8, 4) is 0 Å². The molecular weight excluding hydrogens is 183 g/mol. The van der Waals surface area contributed by atoms with Crippen molar-refractivity contribution in [2.45, 2.75) is 6.42 Å². The largest absolute Gasteiger partial charge is 0.488 e. The molecule has 1 aromatic rings. The maximum atomic E-state index is 11.2. The Labute approximate surface area is 81.3 Å². The summed E-state index contributed by atoms with van der Waals surface area (Å²) >= 11 is 0. The van der Waals surface area contributed by atoms with Crippen molar-refractivity contribution in [2.75, 3.05) is 0 Å². The van der Waals surface area contributed by atoms with Crippen molar-refractivity contribution >= 4 is 24.7 Å². The Balaban J connectivity index is 2.82. The lowest BCUT2D eigenvalue weighted by atomic mass is 9.80. The summed E-state index contributed by atoms with van der Waals surface area (Å²) in [5.41, 5.74) is 0.703. The standard InChI is InChI=1S/C9H9BO4/c11-6-5-9(12)7-1-3-8(4-2-7)10(13)14/h1-4,6,13-14H,5H2. The van der Waals surface area contributed by atoms with Crippen LogP contribution in [-0.2, 0) is 4.79 Å². The number of hydrogen-bond donors (Lipinski definition) is 2. The molecule has 72 valence electrons. The van der Waals surface area contributed by atoms with Crippen molar-refractivity contribution in [2.24, 2.45) is 0 Å². The Kier molecular flexibility index (Phi) is 3.56. The first-order valence-electron chi connectivity index (χ1n) is 4.08. The number of carbonyl (C=O) groups excluding carboxylic acids is 2. The second-order valence-corrected chi connectivity index (χ2v) is 2.79. The minimum Gasteiger partial charge on any atom is -0.423 e. The second kappa shape index (κ2) is 4.69. The third-order valence-corrected chi connectivity index (χ3v) is 1.80. The minimum atomic E-state index is -1.54. The maximum Gasteiger partial charge on any atom is 0.488 e. The minimum absolute atomic E-state index is 0.152. The fourth-order valence-corrected chi connectivity index (χ4v) is 1.03. The Morgan fingerprint density at radius 3 is 2.29 bits per heavy atom. The van der Waals surface area contributed by atoms with E-state index in [9.17, 15) is 9.59 Å². The molecule has 2 N–H and O–H groups in total. The van der Waals surface area contributed by atoms with Crippen LogP contribution in [0.3, 0.4) is 0 Å². The first-order valence-corrected chi connectivity index (χ1v) is 4.08. The van der Waals surface area contributed by atoms with E-state index >= 15 is 0 Å². The molecule has 0 aliphatic carbocycles. The zero-order chi connectivity index (χ0) is 10.6. The molecule has 0 spiro atoms. The first-order chi connectivity index (χ1) is 6.65. The van der Waals surface area contributed by atoms with Gasteiger partial charge in [-0.3, -0.25) is 4.79 Å². The molecule has 0 aliphatic rings. The lowest BCUT2D eigenvalue weighted by Gasteiger charge is -2.00. The summed E-state index contributed by atoms with van der Waals surface area (Å²) in [7, 11) is -1.54. The van der Waals surface area contributed by atoms with Crippen molar-refractivity contribution in [3.63, 3.8) is 0 Å². The van der Waals surface area contributed by atoms with E-state index in [4.69, 9.17) is 10.0 Å². The second-order valence-electron chi connectivity index (χ2n) is 2.79.